The van der Waals surface area contributed by atoms with E-state index in [1.165, 1.54) is 29.4 Å². The number of anilines is 2. The molecule has 8 nitrogen and oxygen atoms in total. The van der Waals surface area contributed by atoms with Gasteiger partial charge in [0.05, 0.1) is 18.1 Å². The first-order valence-corrected chi connectivity index (χ1v) is 13.0. The van der Waals surface area contributed by atoms with Crippen molar-refractivity contribution in [3.05, 3.63) is 83.0 Å². The van der Waals surface area contributed by atoms with Crippen molar-refractivity contribution >= 4 is 40.8 Å². The van der Waals surface area contributed by atoms with Crippen molar-refractivity contribution in [3.63, 3.8) is 0 Å². The average molecular weight is 572 g/mol. The monoisotopic (exact) mass is 571 g/mol. The number of nitrogens with zero attached hydrogens (tertiary/aromatic N) is 4. The molecular formula is C28H25ClF3N5O3. The van der Waals surface area contributed by atoms with Crippen LogP contribution < -0.4 is 15.1 Å². The van der Waals surface area contributed by atoms with Gasteiger partial charge in [-0.2, -0.15) is 0 Å². The highest BCUT2D eigenvalue weighted by molar-refractivity contribution is 6.31. The maximum atomic E-state index is 14.4. The third kappa shape index (κ3) is 5.51. The van der Waals surface area contributed by atoms with E-state index in [0.717, 1.165) is 22.7 Å². The second-order valence-electron chi connectivity index (χ2n) is 9.97. The number of alkyl halides is 2. The first-order chi connectivity index (χ1) is 19.0. The molecule has 1 aliphatic carbocycles. The summed E-state index contributed by atoms with van der Waals surface area (Å²) in [4.78, 5) is 51.6. The number of amides is 3. The molecule has 208 valence electrons. The molecule has 3 heterocycles. The molecule has 0 spiro atoms. The topological polar surface area (TPSA) is 95.5 Å². The van der Waals surface area contributed by atoms with Crippen LogP contribution >= 0.6 is 11.6 Å². The highest BCUT2D eigenvalue weighted by Gasteiger charge is 2.48. The molecule has 3 amide bonds. The zero-order valence-corrected chi connectivity index (χ0v) is 22.1. The smallest absolute Gasteiger partial charge is 0.252 e. The van der Waals surface area contributed by atoms with Crippen molar-refractivity contribution < 1.29 is 27.6 Å². The van der Waals surface area contributed by atoms with E-state index < -0.39 is 54.5 Å². The molecule has 2 aromatic heterocycles. The van der Waals surface area contributed by atoms with Crippen LogP contribution in [0.3, 0.4) is 0 Å². The first kappa shape index (κ1) is 27.6. The molecule has 1 saturated heterocycles. The van der Waals surface area contributed by atoms with Crippen LogP contribution in [0.2, 0.25) is 5.02 Å². The van der Waals surface area contributed by atoms with Crippen molar-refractivity contribution in [2.75, 3.05) is 9.80 Å². The van der Waals surface area contributed by atoms with Crippen LogP contribution in [0, 0.1) is 12.7 Å². The minimum Gasteiger partial charge on any atom is -0.351 e. The van der Waals surface area contributed by atoms with E-state index in [-0.39, 0.29) is 40.8 Å². The van der Waals surface area contributed by atoms with Crippen LogP contribution in [0.5, 0.6) is 0 Å². The zero-order valence-electron chi connectivity index (χ0n) is 21.4. The van der Waals surface area contributed by atoms with Gasteiger partial charge in [-0.3, -0.25) is 29.2 Å². The molecular weight excluding hydrogens is 547 g/mol. The van der Waals surface area contributed by atoms with Gasteiger partial charge >= 0.3 is 0 Å². The number of hydrogen-bond acceptors (Lipinski definition) is 5. The highest BCUT2D eigenvalue weighted by atomic mass is 35.5. The van der Waals surface area contributed by atoms with Crippen LogP contribution in [0.25, 0.3) is 0 Å². The van der Waals surface area contributed by atoms with Gasteiger partial charge in [0.25, 0.3) is 11.8 Å². The Labute approximate surface area is 233 Å². The van der Waals surface area contributed by atoms with Crippen LogP contribution in [0.15, 0.2) is 61.1 Å². The Morgan fingerprint density at radius 2 is 1.93 bits per heavy atom. The van der Waals surface area contributed by atoms with E-state index in [1.807, 2.05) is 6.92 Å². The molecule has 1 aromatic carbocycles. The summed E-state index contributed by atoms with van der Waals surface area (Å²) < 4.78 is 41.6. The summed E-state index contributed by atoms with van der Waals surface area (Å²) in [6.07, 6.45) is 2.72. The summed E-state index contributed by atoms with van der Waals surface area (Å²) in [5, 5.41) is 2.72. The van der Waals surface area contributed by atoms with E-state index >= 15 is 0 Å². The van der Waals surface area contributed by atoms with Gasteiger partial charge in [-0.1, -0.05) is 29.8 Å². The SMILES string of the molecule is Cc1ccnc(N2C(=O)CCC2C(=O)N(c2cncc(F)c2)[C@H](C(=O)NC2CC(F)(F)C2)c2ccccc2Cl)c1. The molecule has 1 saturated carbocycles. The molecule has 12 heteroatoms. The molecule has 1 aliphatic heterocycles. The zero-order chi connectivity index (χ0) is 28.6. The number of aromatic nitrogens is 2. The van der Waals surface area contributed by atoms with Crippen molar-refractivity contribution in [1.29, 1.82) is 0 Å². The lowest BCUT2D eigenvalue weighted by atomic mass is 9.87. The summed E-state index contributed by atoms with van der Waals surface area (Å²) in [6, 6.07) is 7.31. The Balaban J connectivity index is 1.60. The molecule has 1 N–H and O–H groups in total. The molecule has 2 aliphatic rings. The fraction of sp³-hybridized carbons (Fsp3) is 0.321. The fourth-order valence-electron chi connectivity index (χ4n) is 5.09. The largest absolute Gasteiger partial charge is 0.351 e. The maximum absolute atomic E-state index is 14.4. The van der Waals surface area contributed by atoms with Gasteiger partial charge in [-0.05, 0) is 37.1 Å². The number of aryl methyl sites for hydroxylation is 1. The summed E-state index contributed by atoms with van der Waals surface area (Å²) in [6.45, 7) is 1.81. The Morgan fingerprint density at radius 3 is 2.60 bits per heavy atom. The summed E-state index contributed by atoms with van der Waals surface area (Å²) in [5.41, 5.74) is 0.933. The van der Waals surface area contributed by atoms with Crippen LogP contribution in [0.1, 0.15) is 42.9 Å². The number of nitrogens with one attached hydrogen (secondary N) is 1. The Morgan fingerprint density at radius 1 is 1.18 bits per heavy atom. The Bertz CT molecular complexity index is 1460. The first-order valence-electron chi connectivity index (χ1n) is 12.6. The van der Waals surface area contributed by atoms with Gasteiger partial charge in [-0.15, -0.1) is 0 Å². The molecule has 0 bridgehead atoms. The van der Waals surface area contributed by atoms with E-state index in [2.05, 4.69) is 15.3 Å². The second kappa shape index (κ2) is 10.9. The van der Waals surface area contributed by atoms with Crippen LogP contribution in [-0.2, 0) is 14.4 Å². The van der Waals surface area contributed by atoms with E-state index in [9.17, 15) is 27.6 Å². The summed E-state index contributed by atoms with van der Waals surface area (Å²) >= 11 is 6.48. The third-order valence-corrected chi connectivity index (χ3v) is 7.34. The lowest BCUT2D eigenvalue weighted by Crippen LogP contribution is -2.56. The predicted molar refractivity (Wildman–Crippen MR) is 141 cm³/mol. The molecule has 1 unspecified atom stereocenters. The molecule has 0 radical (unpaired) electrons. The number of carbonyl (C=O) groups is 3. The normalized spacial score (nSPS) is 19.2. The van der Waals surface area contributed by atoms with Gasteiger partial charge in [0, 0.05) is 48.2 Å². The number of benzene rings is 1. The van der Waals surface area contributed by atoms with Crippen LogP contribution in [-0.4, -0.2) is 45.7 Å². The predicted octanol–water partition coefficient (Wildman–Crippen LogP) is 4.76. The molecule has 5 rings (SSSR count). The second-order valence-corrected chi connectivity index (χ2v) is 10.4. The number of carbonyl (C=O) groups excluding carboxylic acids is 3. The van der Waals surface area contributed by atoms with Gasteiger partial charge in [-0.25, -0.2) is 18.2 Å². The standard InChI is InChI=1S/C28H25ClF3N5O3/c1-16-8-9-34-23(10-16)37-22(6-7-24(37)38)27(40)36(19-11-17(30)14-33-15-19)25(20-4-2-3-5-21(20)29)26(39)35-18-12-28(31,32)13-18/h2-5,8-11,14-15,18,22,25H,6-7,12-13H2,1H3,(H,35,39)/t22?,25-/m0/s1. The van der Waals surface area contributed by atoms with Crippen molar-refractivity contribution in [2.45, 2.75) is 56.7 Å². The van der Waals surface area contributed by atoms with Crippen molar-refractivity contribution in [1.82, 2.24) is 15.3 Å². The number of pyridine rings is 2. The van der Waals surface area contributed by atoms with Crippen LogP contribution in [0.4, 0.5) is 24.7 Å². The molecule has 3 aromatic rings. The van der Waals surface area contributed by atoms with E-state index in [1.54, 1.807) is 24.3 Å². The average Bonchev–Trinajstić information content (AvgIpc) is 3.27. The lowest BCUT2D eigenvalue weighted by molar-refractivity contribution is -0.133. The number of halogens is 4. The van der Waals surface area contributed by atoms with Gasteiger partial charge in [0.2, 0.25) is 11.8 Å². The van der Waals surface area contributed by atoms with Crippen molar-refractivity contribution in [2.24, 2.45) is 0 Å². The molecule has 2 fully saturated rings. The quantitative estimate of drug-likeness (QED) is 0.441. The summed E-state index contributed by atoms with van der Waals surface area (Å²) in [7, 11) is 0. The molecule has 40 heavy (non-hydrogen) atoms. The third-order valence-electron chi connectivity index (χ3n) is 6.99. The van der Waals surface area contributed by atoms with Crippen molar-refractivity contribution in [3.8, 4) is 0 Å². The van der Waals surface area contributed by atoms with E-state index in [4.69, 9.17) is 11.6 Å². The summed E-state index contributed by atoms with van der Waals surface area (Å²) in [5.74, 6) is -5.24. The van der Waals surface area contributed by atoms with E-state index in [0.29, 0.717) is 0 Å². The molecule has 2 atom stereocenters. The number of hydrogen-bond donors (Lipinski definition) is 1. The Hall–Kier alpha value is -3.99. The Kier molecular flexibility index (Phi) is 7.50. The number of rotatable bonds is 7. The maximum Gasteiger partial charge on any atom is 0.252 e. The highest BCUT2D eigenvalue weighted by Crippen LogP contribution is 2.39. The van der Waals surface area contributed by atoms with Gasteiger partial charge < -0.3 is 5.32 Å². The lowest BCUT2D eigenvalue weighted by Gasteiger charge is -2.39. The fourth-order valence-corrected chi connectivity index (χ4v) is 5.33. The minimum absolute atomic E-state index is 0.0430. The minimum atomic E-state index is -2.90. The van der Waals surface area contributed by atoms with Gasteiger partial charge in [0.15, 0.2) is 0 Å². The van der Waals surface area contributed by atoms with Gasteiger partial charge in [0.1, 0.15) is 23.7 Å².